The van der Waals surface area contributed by atoms with Crippen LogP contribution in [0.2, 0.25) is 0 Å². The standard InChI is InChI=1S/C10H9NO5S/c12-8(5-9(17)10(13)14)6-3-1-2-4-7(6)11(15)16/h1-4,9,17H,5H2,(H,13,14). The maximum Gasteiger partial charge on any atom is 0.316 e. The highest BCUT2D eigenvalue weighted by Crippen LogP contribution is 2.20. The summed E-state index contributed by atoms with van der Waals surface area (Å²) in [5.74, 6) is -1.85. The second-order valence-corrected chi connectivity index (χ2v) is 3.88. The molecule has 0 radical (unpaired) electrons. The summed E-state index contributed by atoms with van der Waals surface area (Å²) >= 11 is 3.71. The van der Waals surface area contributed by atoms with Crippen LogP contribution in [-0.4, -0.2) is 27.0 Å². The van der Waals surface area contributed by atoms with E-state index in [9.17, 15) is 19.7 Å². The lowest BCUT2D eigenvalue weighted by atomic mass is 10.0. The van der Waals surface area contributed by atoms with Gasteiger partial charge in [-0.25, -0.2) is 0 Å². The van der Waals surface area contributed by atoms with Crippen LogP contribution in [0.25, 0.3) is 0 Å². The van der Waals surface area contributed by atoms with Crippen LogP contribution in [0.5, 0.6) is 0 Å². The summed E-state index contributed by atoms with van der Waals surface area (Å²) in [6.45, 7) is 0. The number of carboxylic acid groups (broad SMARTS) is 1. The number of hydrogen-bond acceptors (Lipinski definition) is 5. The molecule has 0 aliphatic carbocycles. The molecule has 0 spiro atoms. The summed E-state index contributed by atoms with van der Waals surface area (Å²) in [5, 5.41) is 18.1. The Morgan fingerprint density at radius 3 is 2.53 bits per heavy atom. The lowest BCUT2D eigenvalue weighted by Gasteiger charge is -2.04. The first-order valence-electron chi connectivity index (χ1n) is 4.61. The van der Waals surface area contributed by atoms with Crippen LogP contribution in [0.1, 0.15) is 16.8 Å². The Labute approximate surface area is 102 Å². The SMILES string of the molecule is O=C(CC(S)C(=O)O)c1ccccc1[N+](=O)[O-]. The summed E-state index contributed by atoms with van der Waals surface area (Å²) in [6, 6.07) is 5.41. The number of ketones is 1. The number of rotatable bonds is 5. The molecule has 0 aliphatic heterocycles. The number of nitro benzene ring substituents is 1. The number of benzene rings is 1. The highest BCUT2D eigenvalue weighted by atomic mass is 32.1. The zero-order valence-corrected chi connectivity index (χ0v) is 9.46. The molecule has 0 fully saturated rings. The van der Waals surface area contributed by atoms with Gasteiger partial charge in [0.25, 0.3) is 5.69 Å². The maximum absolute atomic E-state index is 11.7. The number of hydrogen-bond donors (Lipinski definition) is 2. The summed E-state index contributed by atoms with van der Waals surface area (Å²) in [7, 11) is 0. The van der Waals surface area contributed by atoms with Gasteiger partial charge in [0.05, 0.1) is 10.5 Å². The second kappa shape index (κ2) is 5.44. The van der Waals surface area contributed by atoms with Crippen molar-refractivity contribution in [3.8, 4) is 0 Å². The van der Waals surface area contributed by atoms with Crippen LogP contribution in [-0.2, 0) is 4.79 Å². The topological polar surface area (TPSA) is 97.5 Å². The highest BCUT2D eigenvalue weighted by molar-refractivity contribution is 7.81. The molecule has 1 unspecified atom stereocenters. The maximum atomic E-state index is 11.7. The molecule has 0 amide bonds. The Kier molecular flexibility index (Phi) is 4.22. The summed E-state index contributed by atoms with van der Waals surface area (Å²) < 4.78 is 0. The number of nitro groups is 1. The lowest BCUT2D eigenvalue weighted by molar-refractivity contribution is -0.385. The van der Waals surface area contributed by atoms with Crippen molar-refractivity contribution in [2.24, 2.45) is 0 Å². The van der Waals surface area contributed by atoms with E-state index in [1.807, 2.05) is 0 Å². The van der Waals surface area contributed by atoms with Crippen LogP contribution in [0.4, 0.5) is 5.69 Å². The minimum absolute atomic E-state index is 0.0993. The van der Waals surface area contributed by atoms with Crippen LogP contribution in [0.3, 0.4) is 0 Å². The third-order valence-electron chi connectivity index (χ3n) is 2.06. The molecule has 0 aromatic heterocycles. The van der Waals surface area contributed by atoms with Gasteiger partial charge in [-0.05, 0) is 6.07 Å². The third kappa shape index (κ3) is 3.28. The number of carboxylic acids is 1. The zero-order chi connectivity index (χ0) is 13.0. The smallest absolute Gasteiger partial charge is 0.316 e. The van der Waals surface area contributed by atoms with E-state index in [0.29, 0.717) is 0 Å². The number of Topliss-reactive ketones (excluding diaryl/α,β-unsaturated/α-hetero) is 1. The molecule has 1 atom stereocenters. The number of aliphatic carboxylic acids is 1. The Balaban J connectivity index is 2.97. The largest absolute Gasteiger partial charge is 0.480 e. The highest BCUT2D eigenvalue weighted by Gasteiger charge is 2.23. The van der Waals surface area contributed by atoms with Crippen molar-refractivity contribution in [3.05, 3.63) is 39.9 Å². The van der Waals surface area contributed by atoms with Crippen molar-refractivity contribution >= 4 is 30.1 Å². The van der Waals surface area contributed by atoms with Crippen LogP contribution in [0, 0.1) is 10.1 Å². The zero-order valence-electron chi connectivity index (χ0n) is 8.57. The van der Waals surface area contributed by atoms with E-state index in [0.717, 1.165) is 0 Å². The molecule has 17 heavy (non-hydrogen) atoms. The fourth-order valence-corrected chi connectivity index (χ4v) is 1.41. The molecule has 6 nitrogen and oxygen atoms in total. The number of nitrogens with zero attached hydrogens (tertiary/aromatic N) is 1. The van der Waals surface area contributed by atoms with Crippen molar-refractivity contribution in [3.63, 3.8) is 0 Å². The van der Waals surface area contributed by atoms with Crippen LogP contribution < -0.4 is 0 Å². The molecular formula is C10H9NO5S. The quantitative estimate of drug-likeness (QED) is 0.360. The van der Waals surface area contributed by atoms with E-state index < -0.39 is 21.9 Å². The van der Waals surface area contributed by atoms with Crippen LogP contribution >= 0.6 is 12.6 Å². The monoisotopic (exact) mass is 255 g/mol. The fourth-order valence-electron chi connectivity index (χ4n) is 1.24. The first-order chi connectivity index (χ1) is 7.93. The van der Waals surface area contributed by atoms with Crippen molar-refractivity contribution in [1.82, 2.24) is 0 Å². The van der Waals surface area contributed by atoms with Gasteiger partial charge in [-0.2, -0.15) is 12.6 Å². The Morgan fingerprint density at radius 1 is 1.41 bits per heavy atom. The van der Waals surface area contributed by atoms with Gasteiger partial charge >= 0.3 is 5.97 Å². The summed E-state index contributed by atoms with van der Waals surface area (Å²) in [4.78, 5) is 32.2. The minimum Gasteiger partial charge on any atom is -0.480 e. The molecule has 0 heterocycles. The normalized spacial score (nSPS) is 11.8. The Hall–Kier alpha value is -1.89. The van der Waals surface area contributed by atoms with Gasteiger partial charge in [0.2, 0.25) is 0 Å². The van der Waals surface area contributed by atoms with E-state index in [2.05, 4.69) is 12.6 Å². The van der Waals surface area contributed by atoms with Crippen molar-refractivity contribution in [1.29, 1.82) is 0 Å². The average Bonchev–Trinajstić information content (AvgIpc) is 2.28. The first-order valence-corrected chi connectivity index (χ1v) is 5.12. The van der Waals surface area contributed by atoms with Crippen molar-refractivity contribution in [2.75, 3.05) is 0 Å². The molecule has 90 valence electrons. The molecule has 1 N–H and O–H groups in total. The van der Waals surface area contributed by atoms with Gasteiger partial charge < -0.3 is 5.11 Å². The van der Waals surface area contributed by atoms with Gasteiger partial charge in [0, 0.05) is 12.5 Å². The average molecular weight is 255 g/mol. The molecule has 1 rings (SSSR count). The first kappa shape index (κ1) is 13.2. The summed E-state index contributed by atoms with van der Waals surface area (Å²) in [5.41, 5.74) is -0.429. The predicted molar refractivity (Wildman–Crippen MR) is 62.5 cm³/mol. The number of carbonyl (C=O) groups is 2. The second-order valence-electron chi connectivity index (χ2n) is 3.26. The van der Waals surface area contributed by atoms with E-state index >= 15 is 0 Å². The van der Waals surface area contributed by atoms with Gasteiger partial charge in [0.1, 0.15) is 5.25 Å². The minimum atomic E-state index is -1.24. The molecule has 7 heteroatoms. The number of carbonyl (C=O) groups excluding carboxylic acids is 1. The predicted octanol–water partition coefficient (Wildman–Crippen LogP) is 1.55. The van der Waals surface area contributed by atoms with Gasteiger partial charge in [-0.3, -0.25) is 19.7 Å². The molecule has 0 aliphatic rings. The van der Waals surface area contributed by atoms with E-state index in [1.54, 1.807) is 0 Å². The number of thiol groups is 1. The lowest BCUT2D eigenvalue weighted by Crippen LogP contribution is -2.18. The summed E-state index contributed by atoms with van der Waals surface area (Å²) in [6.07, 6.45) is -0.386. The molecule has 0 saturated heterocycles. The Morgan fingerprint density at radius 2 is 2.00 bits per heavy atom. The number of para-hydroxylation sites is 1. The van der Waals surface area contributed by atoms with E-state index in [-0.39, 0.29) is 17.7 Å². The molecule has 1 aromatic carbocycles. The molecule has 0 bridgehead atoms. The fraction of sp³-hybridized carbons (Fsp3) is 0.200. The van der Waals surface area contributed by atoms with E-state index in [1.165, 1.54) is 24.3 Å². The molecule has 1 aromatic rings. The van der Waals surface area contributed by atoms with Gasteiger partial charge in [0.15, 0.2) is 5.78 Å². The van der Waals surface area contributed by atoms with Crippen LogP contribution in [0.15, 0.2) is 24.3 Å². The molecule has 0 saturated carbocycles. The third-order valence-corrected chi connectivity index (χ3v) is 2.47. The van der Waals surface area contributed by atoms with Crippen molar-refractivity contribution in [2.45, 2.75) is 11.7 Å². The van der Waals surface area contributed by atoms with Gasteiger partial charge in [-0.1, -0.05) is 12.1 Å². The van der Waals surface area contributed by atoms with E-state index in [4.69, 9.17) is 5.11 Å². The van der Waals surface area contributed by atoms with Gasteiger partial charge in [-0.15, -0.1) is 0 Å². The molecular weight excluding hydrogens is 246 g/mol. The van der Waals surface area contributed by atoms with Crippen molar-refractivity contribution < 1.29 is 19.6 Å². The Bertz CT molecular complexity index is 474.